The van der Waals surface area contributed by atoms with E-state index in [1.54, 1.807) is 7.11 Å². The minimum atomic E-state index is 0.642. The highest BCUT2D eigenvalue weighted by Crippen LogP contribution is 2.17. The lowest BCUT2D eigenvalue weighted by molar-refractivity contribution is 0.187. The summed E-state index contributed by atoms with van der Waals surface area (Å²) >= 11 is 0. The molecule has 0 saturated carbocycles. The first kappa shape index (κ1) is 10.7. The molecule has 0 N–H and O–H groups in total. The molecule has 1 aromatic heterocycles. The van der Waals surface area contributed by atoms with E-state index in [1.807, 2.05) is 25.1 Å². The van der Waals surface area contributed by atoms with Gasteiger partial charge in [0.1, 0.15) is 5.82 Å². The third-order valence-electron chi connectivity index (χ3n) is 2.59. The van der Waals surface area contributed by atoms with Crippen molar-refractivity contribution < 1.29 is 4.74 Å². The van der Waals surface area contributed by atoms with Crippen LogP contribution in [0, 0.1) is 18.3 Å². The Hall–Kier alpha value is -1.86. The van der Waals surface area contributed by atoms with Gasteiger partial charge in [0.25, 0.3) is 0 Å². The van der Waals surface area contributed by atoms with Crippen LogP contribution in [0.1, 0.15) is 11.4 Å². The second-order valence-electron chi connectivity index (χ2n) is 3.62. The molecule has 1 aromatic carbocycles. The fourth-order valence-corrected chi connectivity index (χ4v) is 1.78. The van der Waals surface area contributed by atoms with Gasteiger partial charge >= 0.3 is 0 Å². The molecule has 0 fully saturated rings. The number of nitriles is 1. The number of methoxy groups -OCH3 is 1. The molecule has 2 aromatic rings. The summed E-state index contributed by atoms with van der Waals surface area (Å²) in [6.45, 7) is 3.40. The Morgan fingerprint density at radius 2 is 2.31 bits per heavy atom. The Bertz CT molecular complexity index is 551. The molecular formula is C12H13N3O. The van der Waals surface area contributed by atoms with Crippen LogP contribution >= 0.6 is 0 Å². The van der Waals surface area contributed by atoms with Gasteiger partial charge in [-0.05, 0) is 25.1 Å². The maximum Gasteiger partial charge on any atom is 0.106 e. The number of benzene rings is 1. The first-order valence-electron chi connectivity index (χ1n) is 5.12. The van der Waals surface area contributed by atoms with Gasteiger partial charge in [0.2, 0.25) is 0 Å². The van der Waals surface area contributed by atoms with Crippen molar-refractivity contribution in [2.75, 3.05) is 13.7 Å². The highest BCUT2D eigenvalue weighted by atomic mass is 16.5. The van der Waals surface area contributed by atoms with Gasteiger partial charge in [-0.3, -0.25) is 0 Å². The lowest BCUT2D eigenvalue weighted by Gasteiger charge is -2.05. The van der Waals surface area contributed by atoms with Crippen molar-refractivity contribution in [3.63, 3.8) is 0 Å². The molecule has 0 aliphatic rings. The largest absolute Gasteiger partial charge is 0.383 e. The minimum absolute atomic E-state index is 0.642. The van der Waals surface area contributed by atoms with Crippen LogP contribution in [0.25, 0.3) is 11.0 Å². The van der Waals surface area contributed by atoms with Crippen molar-refractivity contribution in [3.05, 3.63) is 29.6 Å². The standard InChI is InChI=1S/C12H13N3O/c1-9-14-11-7-10(8-13)3-4-12(11)15(9)5-6-16-2/h3-4,7H,5-6H2,1-2H3. The molecule has 0 atom stereocenters. The van der Waals surface area contributed by atoms with Crippen molar-refractivity contribution in [1.82, 2.24) is 9.55 Å². The molecular weight excluding hydrogens is 202 g/mol. The Balaban J connectivity index is 2.50. The van der Waals surface area contributed by atoms with E-state index in [9.17, 15) is 0 Å². The third-order valence-corrected chi connectivity index (χ3v) is 2.59. The SMILES string of the molecule is COCCn1c(C)nc2cc(C#N)ccc21. The Morgan fingerprint density at radius 1 is 1.50 bits per heavy atom. The molecule has 0 aliphatic carbocycles. The van der Waals surface area contributed by atoms with Gasteiger partial charge < -0.3 is 9.30 Å². The number of nitrogens with zero attached hydrogens (tertiary/aromatic N) is 3. The number of aryl methyl sites for hydroxylation is 1. The lowest BCUT2D eigenvalue weighted by atomic mass is 10.2. The molecule has 1 heterocycles. The molecule has 0 spiro atoms. The molecule has 2 rings (SSSR count). The number of aromatic nitrogens is 2. The van der Waals surface area contributed by atoms with Crippen LogP contribution in [0.15, 0.2) is 18.2 Å². The monoisotopic (exact) mass is 215 g/mol. The van der Waals surface area contributed by atoms with Crippen molar-refractivity contribution in [3.8, 4) is 6.07 Å². The van der Waals surface area contributed by atoms with Crippen LogP contribution < -0.4 is 0 Å². The van der Waals surface area contributed by atoms with Crippen molar-refractivity contribution in [1.29, 1.82) is 5.26 Å². The molecule has 4 nitrogen and oxygen atoms in total. The van der Waals surface area contributed by atoms with E-state index in [0.29, 0.717) is 12.2 Å². The van der Waals surface area contributed by atoms with Crippen LogP contribution in [0.2, 0.25) is 0 Å². The fraction of sp³-hybridized carbons (Fsp3) is 0.333. The van der Waals surface area contributed by atoms with Crippen LogP contribution in [0.4, 0.5) is 0 Å². The molecule has 4 heteroatoms. The second kappa shape index (κ2) is 4.33. The highest BCUT2D eigenvalue weighted by Gasteiger charge is 2.07. The van der Waals surface area contributed by atoms with Gasteiger partial charge in [-0.2, -0.15) is 5.26 Å². The molecule has 82 valence electrons. The molecule has 0 aliphatic heterocycles. The zero-order valence-electron chi connectivity index (χ0n) is 9.40. The summed E-state index contributed by atoms with van der Waals surface area (Å²) in [4.78, 5) is 4.43. The second-order valence-corrected chi connectivity index (χ2v) is 3.62. The van der Waals surface area contributed by atoms with Gasteiger partial charge in [-0.25, -0.2) is 4.98 Å². The van der Waals surface area contributed by atoms with E-state index in [1.165, 1.54) is 0 Å². The summed E-state index contributed by atoms with van der Waals surface area (Å²) in [5.41, 5.74) is 2.56. The van der Waals surface area contributed by atoms with E-state index in [-0.39, 0.29) is 0 Å². The van der Waals surface area contributed by atoms with E-state index in [2.05, 4.69) is 15.6 Å². The molecule has 0 unspecified atom stereocenters. The summed E-state index contributed by atoms with van der Waals surface area (Å²) in [5, 5.41) is 8.81. The number of hydrogen-bond donors (Lipinski definition) is 0. The molecule has 16 heavy (non-hydrogen) atoms. The van der Waals surface area contributed by atoms with Crippen LogP contribution in [0.3, 0.4) is 0 Å². The topological polar surface area (TPSA) is 50.8 Å². The Morgan fingerprint density at radius 3 is 3.00 bits per heavy atom. The van der Waals surface area contributed by atoms with Crippen molar-refractivity contribution in [2.24, 2.45) is 0 Å². The van der Waals surface area contributed by atoms with Crippen molar-refractivity contribution in [2.45, 2.75) is 13.5 Å². The van der Waals surface area contributed by atoms with E-state index >= 15 is 0 Å². The number of hydrogen-bond acceptors (Lipinski definition) is 3. The van der Waals surface area contributed by atoms with Gasteiger partial charge in [0.15, 0.2) is 0 Å². The predicted octanol–water partition coefficient (Wildman–Crippen LogP) is 1.86. The zero-order valence-corrected chi connectivity index (χ0v) is 9.40. The molecule has 0 bridgehead atoms. The molecule has 0 amide bonds. The summed E-state index contributed by atoms with van der Waals surface area (Å²) in [5.74, 6) is 0.946. The summed E-state index contributed by atoms with van der Waals surface area (Å²) in [7, 11) is 1.68. The quantitative estimate of drug-likeness (QED) is 0.785. The highest BCUT2D eigenvalue weighted by molar-refractivity contribution is 5.77. The average Bonchev–Trinajstić information content (AvgIpc) is 2.61. The number of rotatable bonds is 3. The lowest BCUT2D eigenvalue weighted by Crippen LogP contribution is -2.05. The van der Waals surface area contributed by atoms with Gasteiger partial charge in [-0.15, -0.1) is 0 Å². The maximum absolute atomic E-state index is 8.81. The average molecular weight is 215 g/mol. The molecule has 0 saturated heterocycles. The summed E-state index contributed by atoms with van der Waals surface area (Å²) in [6, 6.07) is 7.67. The van der Waals surface area contributed by atoms with Crippen LogP contribution in [0.5, 0.6) is 0 Å². The van der Waals surface area contributed by atoms with E-state index < -0.39 is 0 Å². The maximum atomic E-state index is 8.81. The summed E-state index contributed by atoms with van der Waals surface area (Å²) in [6.07, 6.45) is 0. The van der Waals surface area contributed by atoms with Crippen molar-refractivity contribution >= 4 is 11.0 Å². The van der Waals surface area contributed by atoms with Gasteiger partial charge in [0.05, 0.1) is 29.3 Å². The number of ether oxygens (including phenoxy) is 1. The fourth-order valence-electron chi connectivity index (χ4n) is 1.78. The normalized spacial score (nSPS) is 10.6. The van der Waals surface area contributed by atoms with Gasteiger partial charge in [0, 0.05) is 13.7 Å². The molecule has 0 radical (unpaired) electrons. The Kier molecular flexibility index (Phi) is 2.88. The van der Waals surface area contributed by atoms with Crippen LogP contribution in [-0.2, 0) is 11.3 Å². The smallest absolute Gasteiger partial charge is 0.106 e. The van der Waals surface area contributed by atoms with Gasteiger partial charge in [-0.1, -0.05) is 0 Å². The Labute approximate surface area is 94.1 Å². The first-order chi connectivity index (χ1) is 7.76. The van der Waals surface area contributed by atoms with E-state index in [0.717, 1.165) is 23.4 Å². The van der Waals surface area contributed by atoms with Crippen LogP contribution in [-0.4, -0.2) is 23.3 Å². The first-order valence-corrected chi connectivity index (χ1v) is 5.12. The predicted molar refractivity (Wildman–Crippen MR) is 61.1 cm³/mol. The summed E-state index contributed by atoms with van der Waals surface area (Å²) < 4.78 is 7.16. The number of fused-ring (bicyclic) bond motifs is 1. The minimum Gasteiger partial charge on any atom is -0.383 e. The van der Waals surface area contributed by atoms with E-state index in [4.69, 9.17) is 10.00 Å². The zero-order chi connectivity index (χ0) is 11.5. The third kappa shape index (κ3) is 1.77. The number of imidazole rings is 1.